The van der Waals surface area contributed by atoms with Gasteiger partial charge in [-0.05, 0) is 93.8 Å². The van der Waals surface area contributed by atoms with Gasteiger partial charge in [0.1, 0.15) is 24.4 Å². The fourth-order valence-corrected chi connectivity index (χ4v) is 9.45. The van der Waals surface area contributed by atoms with Gasteiger partial charge >= 0.3 is 0 Å². The van der Waals surface area contributed by atoms with Crippen molar-refractivity contribution in [2.75, 3.05) is 6.61 Å². The molecule has 1 heterocycles. The minimum absolute atomic E-state index is 0.0182. The third-order valence-electron chi connectivity index (χ3n) is 11.6. The smallest absolute Gasteiger partial charge is 0.184 e. The van der Waals surface area contributed by atoms with Gasteiger partial charge in [0.05, 0.1) is 24.4 Å². The Balaban J connectivity index is 1.23. The quantitative estimate of drug-likeness (QED) is 0.341. The average Bonchev–Trinajstić information content (AvgIpc) is 3.10. The first kappa shape index (κ1) is 26.3. The van der Waals surface area contributed by atoms with E-state index in [0.29, 0.717) is 11.8 Å². The predicted octanol–water partition coefficient (Wildman–Crippen LogP) is 1.33. The molecule has 8 nitrogen and oxygen atoms in total. The highest BCUT2D eigenvalue weighted by Crippen LogP contribution is 2.69. The highest BCUT2D eigenvalue weighted by atomic mass is 16.6. The van der Waals surface area contributed by atoms with E-state index in [1.807, 2.05) is 6.92 Å². The van der Waals surface area contributed by atoms with E-state index < -0.39 is 36.3 Å². The average molecular weight is 499 g/mol. The molecule has 6 N–H and O–H groups in total. The van der Waals surface area contributed by atoms with Crippen LogP contribution in [0.2, 0.25) is 0 Å². The van der Waals surface area contributed by atoms with E-state index in [4.69, 9.17) is 9.47 Å². The predicted molar refractivity (Wildman–Crippen MR) is 127 cm³/mol. The van der Waals surface area contributed by atoms with Gasteiger partial charge < -0.3 is 40.1 Å². The summed E-state index contributed by atoms with van der Waals surface area (Å²) in [5.74, 6) is 1.42. The zero-order chi connectivity index (χ0) is 25.3. The molecule has 0 bridgehead atoms. The second kappa shape index (κ2) is 9.16. The summed E-state index contributed by atoms with van der Waals surface area (Å²) in [5, 5.41) is 62.2. The van der Waals surface area contributed by atoms with Gasteiger partial charge in [0.15, 0.2) is 6.29 Å². The topological polar surface area (TPSA) is 140 Å². The van der Waals surface area contributed by atoms with E-state index >= 15 is 0 Å². The first-order valence-electron chi connectivity index (χ1n) is 13.8. The Morgan fingerprint density at radius 2 is 1.63 bits per heavy atom. The molecule has 4 aliphatic carbocycles. The summed E-state index contributed by atoms with van der Waals surface area (Å²) in [6.07, 6.45) is 1.55. The van der Waals surface area contributed by atoms with Crippen molar-refractivity contribution in [2.24, 2.45) is 34.5 Å². The minimum atomic E-state index is -1.54. The molecule has 0 radical (unpaired) electrons. The Kier molecular flexibility index (Phi) is 6.88. The normalized spacial score (nSPS) is 57.2. The molecular weight excluding hydrogens is 452 g/mol. The van der Waals surface area contributed by atoms with Crippen LogP contribution in [0, 0.1) is 34.5 Å². The molecule has 8 unspecified atom stereocenters. The van der Waals surface area contributed by atoms with Crippen LogP contribution >= 0.6 is 0 Å². The first-order chi connectivity index (χ1) is 16.4. The Labute approximate surface area is 208 Å². The highest BCUT2D eigenvalue weighted by molar-refractivity contribution is 5.17. The second-order valence-corrected chi connectivity index (χ2v) is 13.0. The first-order valence-corrected chi connectivity index (χ1v) is 13.8. The van der Waals surface area contributed by atoms with Crippen molar-refractivity contribution in [1.29, 1.82) is 0 Å². The summed E-state index contributed by atoms with van der Waals surface area (Å²) in [6.45, 7) is 6.58. The molecule has 35 heavy (non-hydrogen) atoms. The molecule has 0 aromatic carbocycles. The van der Waals surface area contributed by atoms with Crippen molar-refractivity contribution in [3.05, 3.63) is 0 Å². The van der Waals surface area contributed by atoms with Gasteiger partial charge in [-0.15, -0.1) is 0 Å². The summed E-state index contributed by atoms with van der Waals surface area (Å²) in [7, 11) is 0. The minimum Gasteiger partial charge on any atom is -0.393 e. The lowest BCUT2D eigenvalue weighted by Gasteiger charge is -2.64. The lowest BCUT2D eigenvalue weighted by atomic mass is 9.43. The number of aliphatic hydroxyl groups is 6. The van der Waals surface area contributed by atoms with Crippen LogP contribution < -0.4 is 0 Å². The highest BCUT2D eigenvalue weighted by Gasteiger charge is 2.67. The molecule has 14 atom stereocenters. The van der Waals surface area contributed by atoms with Gasteiger partial charge in [0.2, 0.25) is 0 Å². The van der Waals surface area contributed by atoms with Crippen LogP contribution in [0.3, 0.4) is 0 Å². The zero-order valence-electron chi connectivity index (χ0n) is 21.4. The number of ether oxygens (including phenoxy) is 2. The third kappa shape index (κ3) is 3.94. The number of fused-ring (bicyclic) bond motifs is 5. The van der Waals surface area contributed by atoms with Gasteiger partial charge in [0.25, 0.3) is 0 Å². The number of hydrogen-bond acceptors (Lipinski definition) is 8. The zero-order valence-corrected chi connectivity index (χ0v) is 21.4. The van der Waals surface area contributed by atoms with E-state index in [9.17, 15) is 30.6 Å². The largest absolute Gasteiger partial charge is 0.393 e. The third-order valence-corrected chi connectivity index (χ3v) is 11.6. The van der Waals surface area contributed by atoms with E-state index in [0.717, 1.165) is 57.8 Å². The van der Waals surface area contributed by atoms with Gasteiger partial charge in [-0.1, -0.05) is 13.8 Å². The van der Waals surface area contributed by atoms with Crippen LogP contribution in [0.15, 0.2) is 0 Å². The molecule has 4 saturated carbocycles. The summed E-state index contributed by atoms with van der Waals surface area (Å²) >= 11 is 0. The van der Waals surface area contributed by atoms with Crippen molar-refractivity contribution in [1.82, 2.24) is 0 Å². The molecule has 8 heteroatoms. The molecular formula is C27H46O8. The monoisotopic (exact) mass is 498 g/mol. The molecule has 5 rings (SSSR count). The Morgan fingerprint density at radius 3 is 2.34 bits per heavy atom. The molecule has 1 aliphatic heterocycles. The van der Waals surface area contributed by atoms with Gasteiger partial charge in [-0.25, -0.2) is 0 Å². The molecule has 5 aliphatic rings. The fourth-order valence-electron chi connectivity index (χ4n) is 9.45. The Morgan fingerprint density at radius 1 is 0.886 bits per heavy atom. The van der Waals surface area contributed by atoms with E-state index in [1.54, 1.807) is 0 Å². The van der Waals surface area contributed by atoms with Crippen LogP contribution in [0.1, 0.15) is 78.6 Å². The standard InChI is InChI=1S/C27H46O8/c1-14(28)17-8-11-27(33)19-5-4-15-12-16(6-9-25(15,2)18(19)7-10-26(17,27)3)34-13-20-21(29)22(30)23(31)24(32)35-20/h14-24,28-33H,4-13H2,1-3H3/t14?,15?,16-,17?,18?,19?,20+,21-,22+,23+,24+,25?,26?,27?/m0/s1. The maximum atomic E-state index is 12.1. The summed E-state index contributed by atoms with van der Waals surface area (Å²) in [6, 6.07) is 0. The molecule has 0 spiro atoms. The van der Waals surface area contributed by atoms with Crippen LogP contribution in [0.4, 0.5) is 0 Å². The van der Waals surface area contributed by atoms with Crippen LogP contribution in [-0.2, 0) is 9.47 Å². The molecule has 1 saturated heterocycles. The van der Waals surface area contributed by atoms with Crippen molar-refractivity contribution in [3.63, 3.8) is 0 Å². The van der Waals surface area contributed by atoms with Crippen LogP contribution in [0.25, 0.3) is 0 Å². The van der Waals surface area contributed by atoms with E-state index in [2.05, 4.69) is 13.8 Å². The van der Waals surface area contributed by atoms with Crippen molar-refractivity contribution in [3.8, 4) is 0 Å². The Hall–Kier alpha value is -0.320. The van der Waals surface area contributed by atoms with Crippen molar-refractivity contribution >= 4 is 0 Å². The summed E-state index contributed by atoms with van der Waals surface area (Å²) in [5.41, 5.74) is -0.755. The van der Waals surface area contributed by atoms with Crippen molar-refractivity contribution < 1.29 is 40.1 Å². The molecule has 0 amide bonds. The fraction of sp³-hybridized carbons (Fsp3) is 1.00. The maximum absolute atomic E-state index is 12.1. The number of hydrogen-bond donors (Lipinski definition) is 6. The number of rotatable bonds is 4. The van der Waals surface area contributed by atoms with Crippen LogP contribution in [0.5, 0.6) is 0 Å². The van der Waals surface area contributed by atoms with E-state index in [1.165, 1.54) is 0 Å². The van der Waals surface area contributed by atoms with Gasteiger partial charge in [-0.3, -0.25) is 0 Å². The SMILES string of the molecule is CC(O)C1CCC2(O)C3CCC4C[C@@H](OC[C@H]5O[C@@H](O)[C@H](O)[C@H](O)[C@H]5O)CCC4(C)C3CCC12C. The lowest BCUT2D eigenvalue weighted by Crippen LogP contribution is -2.63. The van der Waals surface area contributed by atoms with Gasteiger partial charge in [-0.2, -0.15) is 0 Å². The number of aliphatic hydroxyl groups excluding tert-OH is 5. The molecule has 202 valence electrons. The lowest BCUT2D eigenvalue weighted by molar-refractivity contribution is -0.291. The summed E-state index contributed by atoms with van der Waals surface area (Å²) in [4.78, 5) is 0. The van der Waals surface area contributed by atoms with Crippen LogP contribution in [-0.4, -0.2) is 85.8 Å². The second-order valence-electron chi connectivity index (χ2n) is 13.0. The summed E-state index contributed by atoms with van der Waals surface area (Å²) < 4.78 is 11.4. The molecule has 0 aromatic rings. The Bertz CT molecular complexity index is 778. The van der Waals surface area contributed by atoms with Crippen molar-refractivity contribution in [2.45, 2.75) is 127 Å². The maximum Gasteiger partial charge on any atom is 0.184 e. The van der Waals surface area contributed by atoms with E-state index in [-0.39, 0.29) is 41.5 Å². The molecule has 5 fully saturated rings. The molecule has 0 aromatic heterocycles. The van der Waals surface area contributed by atoms with Gasteiger partial charge in [0, 0.05) is 5.41 Å².